The van der Waals surface area contributed by atoms with Crippen LogP contribution in [0, 0.1) is 31.1 Å². The number of rotatable bonds is 6. The first-order valence-corrected chi connectivity index (χ1v) is 8.78. The Bertz CT molecular complexity index is 617. The van der Waals surface area contributed by atoms with Crippen molar-refractivity contribution in [2.24, 2.45) is 5.92 Å². The molecule has 0 aromatic carbocycles. The Morgan fingerprint density at radius 1 is 1.42 bits per heavy atom. The molecule has 1 aliphatic rings. The summed E-state index contributed by atoms with van der Waals surface area (Å²) in [5.41, 5.74) is 3.11. The van der Waals surface area contributed by atoms with Gasteiger partial charge >= 0.3 is 0 Å². The molecule has 1 saturated heterocycles. The van der Waals surface area contributed by atoms with Gasteiger partial charge in [0.25, 0.3) is 0 Å². The second-order valence-electron chi connectivity index (χ2n) is 6.80. The number of aryl methyl sites for hydroxylation is 2. The average molecular weight is 332 g/mol. The van der Waals surface area contributed by atoms with Gasteiger partial charge in [0.15, 0.2) is 0 Å². The van der Waals surface area contributed by atoms with E-state index >= 15 is 0 Å². The van der Waals surface area contributed by atoms with Crippen LogP contribution in [-0.4, -0.2) is 44.9 Å². The quantitative estimate of drug-likeness (QED) is 0.863. The van der Waals surface area contributed by atoms with Crippen LogP contribution in [0.2, 0.25) is 0 Å². The molecule has 1 N–H and O–H groups in total. The fraction of sp³-hybridized carbons (Fsp3) is 0.722. The molecule has 1 aromatic rings. The number of carbonyl (C=O) groups excluding carboxylic acids is 1. The molecular weight excluding hydrogens is 304 g/mol. The first-order valence-electron chi connectivity index (χ1n) is 8.78. The molecule has 2 rings (SSSR count). The van der Waals surface area contributed by atoms with Crippen LogP contribution in [0.15, 0.2) is 0 Å². The molecule has 0 radical (unpaired) electrons. The third-order valence-electron chi connectivity index (χ3n) is 5.11. The minimum atomic E-state index is 0.153. The lowest BCUT2D eigenvalue weighted by atomic mass is 9.93. The van der Waals surface area contributed by atoms with E-state index in [2.05, 4.69) is 18.1 Å². The zero-order valence-electron chi connectivity index (χ0n) is 15.0. The van der Waals surface area contributed by atoms with Crippen LogP contribution in [0.4, 0.5) is 0 Å². The van der Waals surface area contributed by atoms with Crippen LogP contribution < -0.4 is 0 Å². The van der Waals surface area contributed by atoms with Crippen LogP contribution in [0.3, 0.4) is 0 Å². The Labute approximate surface area is 144 Å². The molecule has 2 heterocycles. The Morgan fingerprint density at radius 2 is 2.17 bits per heavy atom. The van der Waals surface area contributed by atoms with E-state index in [4.69, 9.17) is 5.26 Å². The summed E-state index contributed by atoms with van der Waals surface area (Å²) in [5, 5.41) is 22.6. The molecule has 6 heteroatoms. The van der Waals surface area contributed by atoms with Crippen LogP contribution in [-0.2, 0) is 17.8 Å². The largest absolute Gasteiger partial charge is 0.396 e. The van der Waals surface area contributed by atoms with Crippen molar-refractivity contribution in [2.45, 2.75) is 65.5 Å². The van der Waals surface area contributed by atoms with E-state index in [0.29, 0.717) is 32.4 Å². The van der Waals surface area contributed by atoms with Gasteiger partial charge < -0.3 is 10.0 Å². The molecule has 1 aliphatic heterocycles. The number of amides is 1. The van der Waals surface area contributed by atoms with Gasteiger partial charge in [0.05, 0.1) is 24.7 Å². The van der Waals surface area contributed by atoms with Gasteiger partial charge in [0.1, 0.15) is 0 Å². The molecule has 6 nitrogen and oxygen atoms in total. The molecule has 0 bridgehead atoms. The van der Waals surface area contributed by atoms with Gasteiger partial charge in [-0.15, -0.1) is 0 Å². The average Bonchev–Trinajstić information content (AvgIpc) is 2.85. The van der Waals surface area contributed by atoms with Gasteiger partial charge in [-0.1, -0.05) is 0 Å². The lowest BCUT2D eigenvalue weighted by Crippen LogP contribution is -2.46. The minimum Gasteiger partial charge on any atom is -0.396 e. The summed E-state index contributed by atoms with van der Waals surface area (Å²) in [6.45, 7) is 7.46. The van der Waals surface area contributed by atoms with Crippen molar-refractivity contribution in [1.82, 2.24) is 14.7 Å². The number of nitrogens with zero attached hydrogens (tertiary/aromatic N) is 4. The van der Waals surface area contributed by atoms with Crippen molar-refractivity contribution >= 4 is 5.91 Å². The molecular formula is C18H28N4O2. The Balaban J connectivity index is 1.98. The predicted octanol–water partition coefficient (Wildman–Crippen LogP) is 1.97. The summed E-state index contributed by atoms with van der Waals surface area (Å²) < 4.78 is 1.86. The van der Waals surface area contributed by atoms with Crippen LogP contribution in [0.1, 0.15) is 49.6 Å². The molecule has 0 spiro atoms. The highest BCUT2D eigenvalue weighted by Crippen LogP contribution is 2.23. The normalized spacial score (nSPS) is 20.9. The molecule has 1 fully saturated rings. The number of hydrogen-bond donors (Lipinski definition) is 1. The van der Waals surface area contributed by atoms with Crippen LogP contribution in [0.25, 0.3) is 0 Å². The van der Waals surface area contributed by atoms with Crippen LogP contribution >= 0.6 is 0 Å². The highest BCUT2D eigenvalue weighted by molar-refractivity contribution is 5.77. The molecule has 24 heavy (non-hydrogen) atoms. The number of carbonyl (C=O) groups is 1. The Kier molecular flexibility index (Phi) is 6.38. The maximum Gasteiger partial charge on any atom is 0.223 e. The monoisotopic (exact) mass is 332 g/mol. The summed E-state index contributed by atoms with van der Waals surface area (Å²) in [6.07, 6.45) is 3.53. The van der Waals surface area contributed by atoms with E-state index in [9.17, 15) is 9.90 Å². The number of hydrogen-bond acceptors (Lipinski definition) is 4. The highest BCUT2D eigenvalue weighted by Gasteiger charge is 2.28. The van der Waals surface area contributed by atoms with E-state index < -0.39 is 0 Å². The first-order chi connectivity index (χ1) is 11.5. The van der Waals surface area contributed by atoms with E-state index in [1.807, 2.05) is 23.4 Å². The first kappa shape index (κ1) is 18.5. The zero-order valence-corrected chi connectivity index (χ0v) is 15.0. The summed E-state index contributed by atoms with van der Waals surface area (Å²) >= 11 is 0. The van der Waals surface area contributed by atoms with Gasteiger partial charge in [0.2, 0.25) is 5.91 Å². The number of piperidine rings is 1. The SMILES string of the molecule is Cc1nn(CCC#N)c(C)c1CCC(=O)N1CC(CO)CCC1C. The maximum atomic E-state index is 12.6. The fourth-order valence-electron chi connectivity index (χ4n) is 3.52. The smallest absolute Gasteiger partial charge is 0.223 e. The molecule has 1 aromatic heterocycles. The van der Waals surface area contributed by atoms with Gasteiger partial charge in [-0.25, -0.2) is 0 Å². The predicted molar refractivity (Wildman–Crippen MR) is 91.2 cm³/mol. The highest BCUT2D eigenvalue weighted by atomic mass is 16.3. The van der Waals surface area contributed by atoms with Crippen molar-refractivity contribution in [1.29, 1.82) is 5.26 Å². The van der Waals surface area contributed by atoms with Crippen molar-refractivity contribution < 1.29 is 9.90 Å². The van der Waals surface area contributed by atoms with Crippen molar-refractivity contribution in [3.63, 3.8) is 0 Å². The number of aliphatic hydroxyl groups excluding tert-OH is 1. The molecule has 132 valence electrons. The Morgan fingerprint density at radius 3 is 2.83 bits per heavy atom. The summed E-state index contributed by atoms with van der Waals surface area (Å²) in [7, 11) is 0. The number of nitriles is 1. The lowest BCUT2D eigenvalue weighted by Gasteiger charge is -2.37. The van der Waals surface area contributed by atoms with Gasteiger partial charge in [-0.05, 0) is 51.5 Å². The van der Waals surface area contributed by atoms with Gasteiger partial charge in [-0.3, -0.25) is 9.48 Å². The second-order valence-corrected chi connectivity index (χ2v) is 6.80. The molecule has 0 aliphatic carbocycles. The second kappa shape index (κ2) is 8.29. The molecule has 0 saturated carbocycles. The number of aliphatic hydroxyl groups is 1. The van der Waals surface area contributed by atoms with Crippen molar-refractivity contribution in [2.75, 3.05) is 13.2 Å². The number of aromatic nitrogens is 2. The van der Waals surface area contributed by atoms with Crippen LogP contribution in [0.5, 0.6) is 0 Å². The fourth-order valence-corrected chi connectivity index (χ4v) is 3.52. The van der Waals surface area contributed by atoms with Crippen molar-refractivity contribution in [3.8, 4) is 6.07 Å². The Hall–Kier alpha value is -1.87. The molecule has 2 unspecified atom stereocenters. The van der Waals surface area contributed by atoms with E-state index in [-0.39, 0.29) is 24.5 Å². The van der Waals surface area contributed by atoms with Gasteiger partial charge in [0, 0.05) is 31.3 Å². The van der Waals surface area contributed by atoms with Gasteiger partial charge in [-0.2, -0.15) is 10.4 Å². The third-order valence-corrected chi connectivity index (χ3v) is 5.11. The van der Waals surface area contributed by atoms with E-state index in [1.165, 1.54) is 0 Å². The summed E-state index contributed by atoms with van der Waals surface area (Å²) in [5.74, 6) is 0.367. The standard InChI is InChI=1S/C18H28N4O2/c1-13-5-6-16(12-23)11-21(13)18(24)8-7-17-14(2)20-22(15(17)3)10-4-9-19/h13,16,23H,4-8,10-12H2,1-3H3. The molecule has 1 amide bonds. The summed E-state index contributed by atoms with van der Waals surface area (Å²) in [6, 6.07) is 2.39. The maximum absolute atomic E-state index is 12.6. The number of likely N-dealkylation sites (tertiary alicyclic amines) is 1. The zero-order chi connectivity index (χ0) is 17.7. The molecule has 2 atom stereocenters. The third kappa shape index (κ3) is 4.15. The minimum absolute atomic E-state index is 0.153. The van der Waals surface area contributed by atoms with E-state index in [1.54, 1.807) is 0 Å². The van der Waals surface area contributed by atoms with E-state index in [0.717, 1.165) is 29.8 Å². The van der Waals surface area contributed by atoms with Crippen molar-refractivity contribution in [3.05, 3.63) is 17.0 Å². The lowest BCUT2D eigenvalue weighted by molar-refractivity contribution is -0.135. The summed E-state index contributed by atoms with van der Waals surface area (Å²) in [4.78, 5) is 14.5. The topological polar surface area (TPSA) is 82.2 Å².